The standard InChI is InChI=1S/C16H24O5/c1-8(2)11(6-17)20-15-10-4-9(3)5-13(18)21-16(15)14(10)12-7-19-12/h9-12,14-17H,1,4-7H2,2-3H3/t9?,10?,11-,12?,14?,15?,16?/m0/s1. The summed E-state index contributed by atoms with van der Waals surface area (Å²) < 4.78 is 17.1. The van der Waals surface area contributed by atoms with E-state index >= 15 is 0 Å². The molecular weight excluding hydrogens is 272 g/mol. The molecule has 21 heavy (non-hydrogen) atoms. The molecule has 118 valence electrons. The van der Waals surface area contributed by atoms with Crippen LogP contribution in [0.15, 0.2) is 12.2 Å². The second-order valence-corrected chi connectivity index (χ2v) is 6.73. The van der Waals surface area contributed by atoms with Crippen LogP contribution in [0.5, 0.6) is 0 Å². The van der Waals surface area contributed by atoms with E-state index in [0.717, 1.165) is 18.6 Å². The fourth-order valence-electron chi connectivity index (χ4n) is 3.70. The van der Waals surface area contributed by atoms with Gasteiger partial charge in [0.05, 0.1) is 25.4 Å². The van der Waals surface area contributed by atoms with Gasteiger partial charge in [-0.2, -0.15) is 0 Å². The lowest BCUT2D eigenvalue weighted by Gasteiger charge is -2.53. The maximum absolute atomic E-state index is 11.9. The van der Waals surface area contributed by atoms with Crippen LogP contribution in [0.1, 0.15) is 26.7 Å². The van der Waals surface area contributed by atoms with Crippen LogP contribution in [0.4, 0.5) is 0 Å². The second-order valence-electron chi connectivity index (χ2n) is 6.73. The number of aliphatic hydroxyl groups is 1. The lowest BCUT2D eigenvalue weighted by Crippen LogP contribution is -2.63. The van der Waals surface area contributed by atoms with Crippen molar-refractivity contribution < 1.29 is 24.1 Å². The van der Waals surface area contributed by atoms with Crippen molar-refractivity contribution in [3.63, 3.8) is 0 Å². The second kappa shape index (κ2) is 5.71. The van der Waals surface area contributed by atoms with Crippen LogP contribution in [0.3, 0.4) is 0 Å². The summed E-state index contributed by atoms with van der Waals surface area (Å²) in [6.07, 6.45) is 0.831. The zero-order chi connectivity index (χ0) is 15.1. The molecule has 0 aromatic heterocycles. The van der Waals surface area contributed by atoms with Gasteiger partial charge in [-0.25, -0.2) is 0 Å². The molecule has 1 saturated carbocycles. The van der Waals surface area contributed by atoms with Gasteiger partial charge in [0, 0.05) is 12.3 Å². The van der Waals surface area contributed by atoms with E-state index in [4.69, 9.17) is 14.2 Å². The van der Waals surface area contributed by atoms with Crippen molar-refractivity contribution in [1.29, 1.82) is 0 Å². The summed E-state index contributed by atoms with van der Waals surface area (Å²) in [5, 5.41) is 9.43. The third-order valence-corrected chi connectivity index (χ3v) is 4.90. The van der Waals surface area contributed by atoms with E-state index in [1.807, 2.05) is 6.92 Å². The molecule has 2 bridgehead atoms. The Kier molecular flexibility index (Phi) is 4.08. The number of hydrogen-bond acceptors (Lipinski definition) is 5. The zero-order valence-electron chi connectivity index (χ0n) is 12.7. The Hall–Kier alpha value is -0.910. The minimum atomic E-state index is -0.394. The fourth-order valence-corrected chi connectivity index (χ4v) is 3.70. The number of rotatable bonds is 5. The minimum absolute atomic E-state index is 0.0978. The van der Waals surface area contributed by atoms with Crippen LogP contribution in [-0.4, -0.2) is 48.7 Å². The van der Waals surface area contributed by atoms with E-state index in [1.54, 1.807) is 0 Å². The van der Waals surface area contributed by atoms with Gasteiger partial charge in [0.25, 0.3) is 0 Å². The number of carbonyl (C=O) groups excluding carboxylic acids is 1. The molecule has 0 spiro atoms. The molecule has 2 heterocycles. The van der Waals surface area contributed by atoms with Gasteiger partial charge in [0.15, 0.2) is 0 Å². The van der Waals surface area contributed by atoms with Gasteiger partial charge in [0.2, 0.25) is 0 Å². The number of carbonyl (C=O) groups is 1. The molecule has 0 aromatic carbocycles. The summed E-state index contributed by atoms with van der Waals surface area (Å²) in [6.45, 7) is 8.42. The molecule has 1 aliphatic carbocycles. The first-order valence-electron chi connectivity index (χ1n) is 7.74. The SMILES string of the molecule is C=C(C)[C@H](CO)OC1C2CC(C)CC(=O)OC1C2C1CO1. The molecule has 3 fully saturated rings. The summed E-state index contributed by atoms with van der Waals surface area (Å²) >= 11 is 0. The Balaban J connectivity index is 1.76. The van der Waals surface area contributed by atoms with Crippen molar-refractivity contribution in [2.75, 3.05) is 13.2 Å². The number of esters is 1. The quantitative estimate of drug-likeness (QED) is 0.470. The summed E-state index contributed by atoms with van der Waals surface area (Å²) in [7, 11) is 0. The molecule has 2 saturated heterocycles. The van der Waals surface area contributed by atoms with E-state index in [2.05, 4.69) is 13.5 Å². The predicted octanol–water partition coefficient (Wildman–Crippen LogP) is 1.30. The Morgan fingerprint density at radius 2 is 2.29 bits per heavy atom. The smallest absolute Gasteiger partial charge is 0.306 e. The molecular formula is C16H24O5. The summed E-state index contributed by atoms with van der Waals surface area (Å²) in [6, 6.07) is 0. The number of epoxide rings is 1. The van der Waals surface area contributed by atoms with Gasteiger partial charge in [-0.1, -0.05) is 13.5 Å². The maximum Gasteiger partial charge on any atom is 0.306 e. The van der Waals surface area contributed by atoms with Gasteiger partial charge in [0.1, 0.15) is 12.2 Å². The third kappa shape index (κ3) is 2.87. The fraction of sp³-hybridized carbons (Fsp3) is 0.812. The van der Waals surface area contributed by atoms with Crippen molar-refractivity contribution in [3.05, 3.63) is 12.2 Å². The molecule has 5 heteroatoms. The van der Waals surface area contributed by atoms with Crippen LogP contribution in [-0.2, 0) is 19.0 Å². The average molecular weight is 296 g/mol. The zero-order valence-corrected chi connectivity index (χ0v) is 12.7. The van der Waals surface area contributed by atoms with Crippen LogP contribution in [0, 0.1) is 17.8 Å². The van der Waals surface area contributed by atoms with Gasteiger partial charge >= 0.3 is 5.97 Å². The Morgan fingerprint density at radius 1 is 1.57 bits per heavy atom. The van der Waals surface area contributed by atoms with Crippen LogP contribution in [0.25, 0.3) is 0 Å². The highest BCUT2D eigenvalue weighted by Gasteiger charge is 2.61. The molecule has 3 aliphatic rings. The topological polar surface area (TPSA) is 68.3 Å². The number of aliphatic hydroxyl groups excluding tert-OH is 1. The van der Waals surface area contributed by atoms with Crippen LogP contribution < -0.4 is 0 Å². The Bertz CT molecular complexity index is 430. The van der Waals surface area contributed by atoms with E-state index in [9.17, 15) is 9.90 Å². The summed E-state index contributed by atoms with van der Waals surface area (Å²) in [5.74, 6) is 0.708. The normalized spacial score (nSPS) is 43.1. The van der Waals surface area contributed by atoms with Gasteiger partial charge in [-0.3, -0.25) is 4.79 Å². The highest BCUT2D eigenvalue weighted by molar-refractivity contribution is 5.70. The van der Waals surface area contributed by atoms with Crippen molar-refractivity contribution in [1.82, 2.24) is 0 Å². The largest absolute Gasteiger partial charge is 0.459 e. The highest BCUT2D eigenvalue weighted by Crippen LogP contribution is 2.50. The Morgan fingerprint density at radius 3 is 2.86 bits per heavy atom. The van der Waals surface area contributed by atoms with Crippen molar-refractivity contribution in [3.8, 4) is 0 Å². The lowest BCUT2D eigenvalue weighted by atomic mass is 9.62. The van der Waals surface area contributed by atoms with Gasteiger partial charge in [-0.15, -0.1) is 0 Å². The predicted molar refractivity (Wildman–Crippen MR) is 75.6 cm³/mol. The molecule has 2 aliphatic heterocycles. The highest BCUT2D eigenvalue weighted by atomic mass is 16.6. The van der Waals surface area contributed by atoms with Crippen molar-refractivity contribution >= 4 is 5.97 Å². The summed E-state index contributed by atoms with van der Waals surface area (Å²) in [4.78, 5) is 11.9. The van der Waals surface area contributed by atoms with E-state index in [-0.39, 0.29) is 42.7 Å². The van der Waals surface area contributed by atoms with Crippen LogP contribution >= 0.6 is 0 Å². The number of ether oxygens (including phenoxy) is 3. The molecule has 3 rings (SSSR count). The average Bonchev–Trinajstić information content (AvgIpc) is 3.19. The van der Waals surface area contributed by atoms with E-state index in [1.165, 1.54) is 0 Å². The molecule has 0 radical (unpaired) electrons. The molecule has 1 N–H and O–H groups in total. The Labute approximate surface area is 125 Å². The molecule has 0 aromatic rings. The van der Waals surface area contributed by atoms with E-state index < -0.39 is 6.10 Å². The van der Waals surface area contributed by atoms with Crippen molar-refractivity contribution in [2.24, 2.45) is 17.8 Å². The van der Waals surface area contributed by atoms with Gasteiger partial charge in [-0.05, 0) is 30.8 Å². The third-order valence-electron chi connectivity index (χ3n) is 4.90. The molecule has 5 nitrogen and oxygen atoms in total. The minimum Gasteiger partial charge on any atom is -0.459 e. The van der Waals surface area contributed by atoms with Gasteiger partial charge < -0.3 is 19.3 Å². The first-order chi connectivity index (χ1) is 10.0. The summed E-state index contributed by atoms with van der Waals surface area (Å²) in [5.41, 5.74) is 0.789. The first kappa shape index (κ1) is 15.0. The monoisotopic (exact) mass is 296 g/mol. The first-order valence-corrected chi connectivity index (χ1v) is 7.74. The molecule has 6 unspecified atom stereocenters. The van der Waals surface area contributed by atoms with Crippen LogP contribution in [0.2, 0.25) is 0 Å². The lowest BCUT2D eigenvalue weighted by molar-refractivity contribution is -0.234. The van der Waals surface area contributed by atoms with Crippen molar-refractivity contribution in [2.45, 2.75) is 51.1 Å². The number of fused-ring (bicyclic) bond motifs is 2. The molecule has 0 amide bonds. The van der Waals surface area contributed by atoms with E-state index in [0.29, 0.717) is 12.3 Å². The molecule has 7 atom stereocenters. The maximum atomic E-state index is 11.9. The number of hydrogen-bond donors (Lipinski definition) is 1.